The fourth-order valence-corrected chi connectivity index (χ4v) is 2.92. The van der Waals surface area contributed by atoms with Gasteiger partial charge in [0.2, 0.25) is 5.76 Å². The second kappa shape index (κ2) is 6.90. The first-order valence-corrected chi connectivity index (χ1v) is 7.30. The second-order valence-corrected chi connectivity index (χ2v) is 5.40. The Labute approximate surface area is 120 Å². The first-order valence-electron chi connectivity index (χ1n) is 7.30. The van der Waals surface area contributed by atoms with Gasteiger partial charge in [0.25, 0.3) is 0 Å². The molecule has 1 aromatic heterocycles. The zero-order valence-electron chi connectivity index (χ0n) is 12.3. The maximum atomic E-state index is 11.6. The van der Waals surface area contributed by atoms with Gasteiger partial charge in [-0.2, -0.15) is 0 Å². The molecular formula is C15H24N2O3. The Morgan fingerprint density at radius 1 is 1.45 bits per heavy atom. The zero-order valence-corrected chi connectivity index (χ0v) is 12.3. The van der Waals surface area contributed by atoms with Crippen LogP contribution >= 0.6 is 0 Å². The molecule has 1 fully saturated rings. The monoisotopic (exact) mass is 280 g/mol. The highest BCUT2D eigenvalue weighted by Gasteiger charge is 2.25. The predicted molar refractivity (Wildman–Crippen MR) is 76.4 cm³/mol. The summed E-state index contributed by atoms with van der Waals surface area (Å²) in [6.45, 7) is 3.81. The quantitative estimate of drug-likeness (QED) is 0.837. The molecule has 0 aromatic carbocycles. The molecule has 0 unspecified atom stereocenters. The number of methoxy groups -OCH3 is 1. The highest BCUT2D eigenvalue weighted by Crippen LogP contribution is 2.24. The Morgan fingerprint density at radius 2 is 2.15 bits per heavy atom. The Morgan fingerprint density at radius 3 is 2.75 bits per heavy atom. The van der Waals surface area contributed by atoms with Gasteiger partial charge in [-0.1, -0.05) is 6.92 Å². The van der Waals surface area contributed by atoms with Crippen molar-refractivity contribution in [3.05, 3.63) is 23.7 Å². The number of carbonyl (C=O) groups is 1. The number of nitrogens with zero attached hydrogens (tertiary/aromatic N) is 1. The van der Waals surface area contributed by atoms with E-state index in [0.29, 0.717) is 17.8 Å². The van der Waals surface area contributed by atoms with E-state index in [4.69, 9.17) is 14.9 Å². The van der Waals surface area contributed by atoms with Crippen LogP contribution in [-0.2, 0) is 11.3 Å². The molecule has 0 spiro atoms. The second-order valence-electron chi connectivity index (χ2n) is 5.40. The summed E-state index contributed by atoms with van der Waals surface area (Å²) < 4.78 is 9.99. The summed E-state index contributed by atoms with van der Waals surface area (Å²) >= 11 is 0. The van der Waals surface area contributed by atoms with Crippen LogP contribution in [0, 0.1) is 0 Å². The van der Waals surface area contributed by atoms with E-state index in [1.807, 2.05) is 6.07 Å². The van der Waals surface area contributed by atoms with Crippen LogP contribution in [0.5, 0.6) is 0 Å². The molecule has 0 saturated heterocycles. The molecule has 2 rings (SSSR count). The molecule has 0 radical (unpaired) electrons. The van der Waals surface area contributed by atoms with Gasteiger partial charge in [0, 0.05) is 24.2 Å². The third-order valence-electron chi connectivity index (χ3n) is 4.15. The minimum atomic E-state index is -0.410. The van der Waals surface area contributed by atoms with E-state index < -0.39 is 5.97 Å². The summed E-state index contributed by atoms with van der Waals surface area (Å²) in [4.78, 5) is 14.0. The highest BCUT2D eigenvalue weighted by molar-refractivity contribution is 5.87. The maximum absolute atomic E-state index is 11.6. The highest BCUT2D eigenvalue weighted by atomic mass is 16.5. The van der Waals surface area contributed by atoms with Crippen molar-refractivity contribution in [3.63, 3.8) is 0 Å². The van der Waals surface area contributed by atoms with Crippen LogP contribution in [0.1, 0.15) is 48.7 Å². The number of nitrogens with two attached hydrogens (primary N) is 1. The maximum Gasteiger partial charge on any atom is 0.374 e. The summed E-state index contributed by atoms with van der Waals surface area (Å²) in [5.41, 5.74) is 6.86. The summed E-state index contributed by atoms with van der Waals surface area (Å²) in [5, 5.41) is 0. The van der Waals surface area contributed by atoms with Crippen LogP contribution in [-0.4, -0.2) is 36.6 Å². The van der Waals surface area contributed by atoms with E-state index in [1.54, 1.807) is 6.26 Å². The fraction of sp³-hybridized carbons (Fsp3) is 0.667. The van der Waals surface area contributed by atoms with E-state index in [-0.39, 0.29) is 0 Å². The van der Waals surface area contributed by atoms with Gasteiger partial charge < -0.3 is 14.9 Å². The summed E-state index contributed by atoms with van der Waals surface area (Å²) in [7, 11) is 1.37. The van der Waals surface area contributed by atoms with Gasteiger partial charge in [-0.3, -0.25) is 4.90 Å². The molecule has 0 amide bonds. The molecule has 1 heterocycles. The molecular weight excluding hydrogens is 256 g/mol. The Balaban J connectivity index is 2.03. The molecule has 1 saturated carbocycles. The first-order chi connectivity index (χ1) is 9.65. The van der Waals surface area contributed by atoms with Crippen LogP contribution in [0.4, 0.5) is 0 Å². The Bertz CT molecular complexity index is 436. The van der Waals surface area contributed by atoms with Gasteiger partial charge in [-0.15, -0.1) is 0 Å². The van der Waals surface area contributed by atoms with Crippen LogP contribution in [0.15, 0.2) is 16.7 Å². The zero-order chi connectivity index (χ0) is 14.5. The molecule has 20 heavy (non-hydrogen) atoms. The van der Waals surface area contributed by atoms with Crippen molar-refractivity contribution >= 4 is 5.97 Å². The van der Waals surface area contributed by atoms with Crippen LogP contribution < -0.4 is 5.73 Å². The predicted octanol–water partition coefficient (Wildman–Crippen LogP) is 2.16. The molecule has 0 bridgehead atoms. The number of hydrogen-bond acceptors (Lipinski definition) is 5. The van der Waals surface area contributed by atoms with Crippen molar-refractivity contribution in [2.24, 2.45) is 5.73 Å². The smallest absolute Gasteiger partial charge is 0.374 e. The lowest BCUT2D eigenvalue weighted by molar-refractivity contribution is 0.0560. The lowest BCUT2D eigenvalue weighted by Gasteiger charge is -2.35. The van der Waals surface area contributed by atoms with Crippen molar-refractivity contribution < 1.29 is 13.9 Å². The van der Waals surface area contributed by atoms with E-state index in [2.05, 4.69) is 11.8 Å². The standard InChI is InChI=1S/C15H24N2O3/c1-3-17(13-6-4-12(16)5-7-13)10-11-8-9-20-14(11)15(18)19-2/h8-9,12-13H,3-7,10,16H2,1-2H3. The number of rotatable bonds is 5. The molecule has 2 N–H and O–H groups in total. The van der Waals surface area contributed by atoms with E-state index in [1.165, 1.54) is 7.11 Å². The minimum absolute atomic E-state index is 0.318. The third kappa shape index (κ3) is 3.41. The van der Waals surface area contributed by atoms with Gasteiger partial charge in [0.15, 0.2) is 0 Å². The third-order valence-corrected chi connectivity index (χ3v) is 4.15. The number of carbonyl (C=O) groups excluding carboxylic acids is 1. The summed E-state index contributed by atoms with van der Waals surface area (Å²) in [5.74, 6) is -0.0924. The van der Waals surface area contributed by atoms with Crippen LogP contribution in [0.3, 0.4) is 0 Å². The SMILES string of the molecule is CCN(Cc1ccoc1C(=O)OC)C1CCC(N)CC1. The van der Waals surface area contributed by atoms with Gasteiger partial charge >= 0.3 is 5.97 Å². The largest absolute Gasteiger partial charge is 0.463 e. The molecule has 1 aliphatic rings. The Hall–Kier alpha value is -1.33. The van der Waals surface area contributed by atoms with Gasteiger partial charge in [0.05, 0.1) is 13.4 Å². The topological polar surface area (TPSA) is 68.7 Å². The lowest BCUT2D eigenvalue weighted by atomic mass is 9.90. The molecule has 112 valence electrons. The van der Waals surface area contributed by atoms with Crippen molar-refractivity contribution in [2.75, 3.05) is 13.7 Å². The molecule has 1 aliphatic carbocycles. The summed E-state index contributed by atoms with van der Waals surface area (Å²) in [6.07, 6.45) is 5.96. The number of esters is 1. The van der Waals surface area contributed by atoms with Crippen LogP contribution in [0.2, 0.25) is 0 Å². The number of furan rings is 1. The molecule has 1 aromatic rings. The lowest BCUT2D eigenvalue weighted by Crippen LogP contribution is -2.40. The Kier molecular flexibility index (Phi) is 5.20. The van der Waals surface area contributed by atoms with Crippen molar-refractivity contribution in [2.45, 2.75) is 51.2 Å². The van der Waals surface area contributed by atoms with Gasteiger partial charge in [-0.05, 0) is 38.3 Å². The normalized spacial score (nSPS) is 23.0. The van der Waals surface area contributed by atoms with Gasteiger partial charge in [-0.25, -0.2) is 4.79 Å². The van der Waals surface area contributed by atoms with Crippen molar-refractivity contribution in [3.8, 4) is 0 Å². The number of ether oxygens (including phenoxy) is 1. The van der Waals surface area contributed by atoms with E-state index in [9.17, 15) is 4.79 Å². The first kappa shape index (κ1) is 15.1. The van der Waals surface area contributed by atoms with Gasteiger partial charge in [0.1, 0.15) is 0 Å². The van der Waals surface area contributed by atoms with E-state index in [0.717, 1.165) is 44.3 Å². The molecule has 5 heteroatoms. The van der Waals surface area contributed by atoms with Crippen molar-refractivity contribution in [1.82, 2.24) is 4.90 Å². The van der Waals surface area contributed by atoms with Crippen LogP contribution in [0.25, 0.3) is 0 Å². The molecule has 5 nitrogen and oxygen atoms in total. The fourth-order valence-electron chi connectivity index (χ4n) is 2.92. The van der Waals surface area contributed by atoms with E-state index >= 15 is 0 Å². The minimum Gasteiger partial charge on any atom is -0.463 e. The summed E-state index contributed by atoms with van der Waals surface area (Å²) in [6, 6.07) is 2.74. The number of hydrogen-bond donors (Lipinski definition) is 1. The molecule has 0 aliphatic heterocycles. The average Bonchev–Trinajstić information content (AvgIpc) is 2.93. The van der Waals surface area contributed by atoms with Crippen molar-refractivity contribution in [1.29, 1.82) is 0 Å². The average molecular weight is 280 g/mol. The molecule has 0 atom stereocenters.